The summed E-state index contributed by atoms with van der Waals surface area (Å²) < 4.78 is 1.80. The zero-order chi connectivity index (χ0) is 12.5. The first-order chi connectivity index (χ1) is 8.77. The molecule has 0 aromatic carbocycles. The number of fused-ring (bicyclic) bond motifs is 1. The number of pyridine rings is 2. The van der Waals surface area contributed by atoms with Gasteiger partial charge in [-0.2, -0.15) is 0 Å². The minimum atomic E-state index is -0.117. The number of imidazole rings is 1. The molecule has 4 heteroatoms. The first kappa shape index (κ1) is 10.7. The molecule has 0 unspecified atom stereocenters. The van der Waals surface area contributed by atoms with Crippen LogP contribution in [0, 0.1) is 6.92 Å². The van der Waals surface area contributed by atoms with Crippen molar-refractivity contribution in [1.82, 2.24) is 14.4 Å². The molecule has 3 aromatic rings. The molecule has 0 saturated carbocycles. The van der Waals surface area contributed by atoms with Crippen LogP contribution in [0.15, 0.2) is 48.9 Å². The highest BCUT2D eigenvalue weighted by molar-refractivity contribution is 6.06. The summed E-state index contributed by atoms with van der Waals surface area (Å²) in [6.45, 7) is 1.97. The summed E-state index contributed by atoms with van der Waals surface area (Å²) in [7, 11) is 0. The van der Waals surface area contributed by atoms with Crippen LogP contribution in [0.4, 0.5) is 0 Å². The molecule has 0 aliphatic rings. The van der Waals surface area contributed by atoms with Gasteiger partial charge in [0.05, 0.1) is 6.20 Å². The van der Waals surface area contributed by atoms with E-state index in [9.17, 15) is 4.79 Å². The molecule has 0 aliphatic carbocycles. The van der Waals surface area contributed by atoms with Gasteiger partial charge in [-0.15, -0.1) is 0 Å². The standard InChI is InChI=1S/C14H11N3O/c1-10-5-4-8-17-12(9-16-14(10)17)13(18)11-6-2-3-7-15-11/h2-9H,1H3. The number of carbonyl (C=O) groups is 1. The van der Waals surface area contributed by atoms with Gasteiger partial charge in [-0.1, -0.05) is 12.1 Å². The molecular weight excluding hydrogens is 226 g/mol. The Balaban J connectivity index is 2.16. The zero-order valence-electron chi connectivity index (χ0n) is 9.87. The van der Waals surface area contributed by atoms with Crippen LogP contribution in [0.1, 0.15) is 21.7 Å². The van der Waals surface area contributed by atoms with Crippen molar-refractivity contribution >= 4 is 11.4 Å². The van der Waals surface area contributed by atoms with Gasteiger partial charge in [0.25, 0.3) is 0 Å². The second-order valence-corrected chi connectivity index (χ2v) is 4.07. The molecule has 4 nitrogen and oxygen atoms in total. The van der Waals surface area contributed by atoms with E-state index in [0.29, 0.717) is 11.4 Å². The summed E-state index contributed by atoms with van der Waals surface area (Å²) in [6, 6.07) is 9.16. The van der Waals surface area contributed by atoms with Crippen molar-refractivity contribution < 1.29 is 4.79 Å². The van der Waals surface area contributed by atoms with Crippen molar-refractivity contribution in [2.45, 2.75) is 6.92 Å². The van der Waals surface area contributed by atoms with Crippen LogP contribution < -0.4 is 0 Å². The highest BCUT2D eigenvalue weighted by Gasteiger charge is 2.15. The minimum absolute atomic E-state index is 0.117. The van der Waals surface area contributed by atoms with Gasteiger partial charge in [0.15, 0.2) is 0 Å². The molecule has 3 rings (SSSR count). The number of hydrogen-bond donors (Lipinski definition) is 0. The number of ketones is 1. The molecule has 3 heterocycles. The van der Waals surface area contributed by atoms with Gasteiger partial charge in [-0.25, -0.2) is 4.98 Å². The van der Waals surface area contributed by atoms with Crippen LogP contribution in [-0.2, 0) is 0 Å². The Morgan fingerprint density at radius 1 is 1.17 bits per heavy atom. The van der Waals surface area contributed by atoms with Gasteiger partial charge in [-0.05, 0) is 30.7 Å². The van der Waals surface area contributed by atoms with Crippen molar-refractivity contribution in [2.24, 2.45) is 0 Å². The van der Waals surface area contributed by atoms with E-state index in [-0.39, 0.29) is 5.78 Å². The molecule has 0 bridgehead atoms. The smallest absolute Gasteiger partial charge is 0.229 e. The lowest BCUT2D eigenvalue weighted by atomic mass is 10.2. The summed E-state index contributed by atoms with van der Waals surface area (Å²) in [5.41, 5.74) is 2.81. The maximum absolute atomic E-state index is 12.3. The fraction of sp³-hybridized carbons (Fsp3) is 0.0714. The molecule has 0 amide bonds. The predicted octanol–water partition coefficient (Wildman–Crippen LogP) is 2.27. The number of rotatable bonds is 2. The van der Waals surface area contributed by atoms with E-state index in [1.165, 1.54) is 0 Å². The van der Waals surface area contributed by atoms with Crippen LogP contribution in [-0.4, -0.2) is 20.2 Å². The molecule has 0 radical (unpaired) electrons. The molecule has 0 fully saturated rings. The van der Waals surface area contributed by atoms with Crippen molar-refractivity contribution in [3.8, 4) is 0 Å². The molecule has 0 N–H and O–H groups in total. The molecule has 0 spiro atoms. The highest BCUT2D eigenvalue weighted by atomic mass is 16.1. The van der Waals surface area contributed by atoms with Gasteiger partial charge < -0.3 is 0 Å². The van der Waals surface area contributed by atoms with E-state index in [0.717, 1.165) is 11.2 Å². The third-order valence-corrected chi connectivity index (χ3v) is 2.86. The van der Waals surface area contributed by atoms with E-state index in [2.05, 4.69) is 9.97 Å². The van der Waals surface area contributed by atoms with E-state index >= 15 is 0 Å². The molecule has 0 saturated heterocycles. The van der Waals surface area contributed by atoms with Crippen molar-refractivity contribution in [1.29, 1.82) is 0 Å². The fourth-order valence-electron chi connectivity index (χ4n) is 1.95. The van der Waals surface area contributed by atoms with Gasteiger partial charge in [0.1, 0.15) is 17.0 Å². The van der Waals surface area contributed by atoms with Crippen LogP contribution in [0.25, 0.3) is 5.65 Å². The Kier molecular flexibility index (Phi) is 2.41. The van der Waals surface area contributed by atoms with Crippen LogP contribution in [0.2, 0.25) is 0 Å². The Bertz CT molecular complexity index is 716. The van der Waals surface area contributed by atoms with E-state index in [4.69, 9.17) is 0 Å². The monoisotopic (exact) mass is 237 g/mol. The molecule has 88 valence electrons. The van der Waals surface area contributed by atoms with Gasteiger partial charge in [-0.3, -0.25) is 14.2 Å². The summed E-state index contributed by atoms with van der Waals surface area (Å²) in [5, 5.41) is 0. The average Bonchev–Trinajstić information content (AvgIpc) is 2.84. The molecule has 0 aliphatic heterocycles. The zero-order valence-corrected chi connectivity index (χ0v) is 9.87. The van der Waals surface area contributed by atoms with Crippen LogP contribution in [0.5, 0.6) is 0 Å². The number of hydrogen-bond acceptors (Lipinski definition) is 3. The average molecular weight is 237 g/mol. The Morgan fingerprint density at radius 3 is 2.83 bits per heavy atom. The van der Waals surface area contributed by atoms with Crippen LogP contribution >= 0.6 is 0 Å². The number of aryl methyl sites for hydroxylation is 1. The minimum Gasteiger partial charge on any atom is -0.296 e. The Morgan fingerprint density at radius 2 is 2.06 bits per heavy atom. The summed E-state index contributed by atoms with van der Waals surface area (Å²) >= 11 is 0. The van der Waals surface area contributed by atoms with Crippen LogP contribution in [0.3, 0.4) is 0 Å². The lowest BCUT2D eigenvalue weighted by molar-refractivity contribution is 0.102. The second-order valence-electron chi connectivity index (χ2n) is 4.07. The maximum atomic E-state index is 12.3. The Hall–Kier alpha value is -2.49. The van der Waals surface area contributed by atoms with E-state index < -0.39 is 0 Å². The van der Waals surface area contributed by atoms with Gasteiger partial charge in [0.2, 0.25) is 5.78 Å². The normalized spacial score (nSPS) is 10.7. The SMILES string of the molecule is Cc1cccn2c(C(=O)c3ccccn3)cnc12. The van der Waals surface area contributed by atoms with Crippen molar-refractivity contribution in [3.63, 3.8) is 0 Å². The first-order valence-electron chi connectivity index (χ1n) is 5.66. The van der Waals surface area contributed by atoms with Gasteiger partial charge >= 0.3 is 0 Å². The topological polar surface area (TPSA) is 47.3 Å². The largest absolute Gasteiger partial charge is 0.296 e. The molecular formula is C14H11N3O. The molecule has 0 atom stereocenters. The van der Waals surface area contributed by atoms with Gasteiger partial charge in [0, 0.05) is 12.4 Å². The second kappa shape index (κ2) is 4.07. The lowest BCUT2D eigenvalue weighted by Crippen LogP contribution is -2.06. The third-order valence-electron chi connectivity index (χ3n) is 2.86. The first-order valence-corrected chi connectivity index (χ1v) is 5.66. The lowest BCUT2D eigenvalue weighted by Gasteiger charge is -2.01. The number of nitrogens with zero attached hydrogens (tertiary/aromatic N) is 3. The van der Waals surface area contributed by atoms with Crippen molar-refractivity contribution in [3.05, 3.63) is 65.9 Å². The predicted molar refractivity (Wildman–Crippen MR) is 67.6 cm³/mol. The summed E-state index contributed by atoms with van der Waals surface area (Å²) in [4.78, 5) is 20.7. The van der Waals surface area contributed by atoms with E-state index in [1.54, 1.807) is 35.0 Å². The quantitative estimate of drug-likeness (QED) is 0.642. The molecule has 3 aromatic heterocycles. The summed E-state index contributed by atoms with van der Waals surface area (Å²) in [5.74, 6) is -0.117. The maximum Gasteiger partial charge on any atom is 0.229 e. The van der Waals surface area contributed by atoms with Crippen molar-refractivity contribution in [2.75, 3.05) is 0 Å². The Labute approximate surface area is 104 Å². The number of aromatic nitrogens is 3. The molecule has 18 heavy (non-hydrogen) atoms. The highest BCUT2D eigenvalue weighted by Crippen LogP contribution is 2.13. The summed E-state index contributed by atoms with van der Waals surface area (Å²) in [6.07, 6.45) is 5.05. The fourth-order valence-corrected chi connectivity index (χ4v) is 1.95. The number of carbonyl (C=O) groups excluding carboxylic acids is 1. The van der Waals surface area contributed by atoms with E-state index in [1.807, 2.05) is 25.3 Å². The third kappa shape index (κ3) is 1.59.